The summed E-state index contributed by atoms with van der Waals surface area (Å²) >= 11 is 0. The van der Waals surface area contributed by atoms with Gasteiger partial charge < -0.3 is 5.32 Å². The zero-order valence-electron chi connectivity index (χ0n) is 9.93. The second kappa shape index (κ2) is 4.08. The van der Waals surface area contributed by atoms with Crippen LogP contribution in [0.25, 0.3) is 0 Å². The molecule has 3 rings (SSSR count). The van der Waals surface area contributed by atoms with Crippen LogP contribution in [-0.4, -0.2) is 13.1 Å². The fraction of sp³-hybridized carbons (Fsp3) is 1.00. The van der Waals surface area contributed by atoms with Gasteiger partial charge in [-0.15, -0.1) is 0 Å². The largest absolute Gasteiger partial charge is 0.316 e. The van der Waals surface area contributed by atoms with Gasteiger partial charge in [0.25, 0.3) is 0 Å². The Kier molecular flexibility index (Phi) is 2.76. The van der Waals surface area contributed by atoms with Gasteiger partial charge >= 0.3 is 0 Å². The van der Waals surface area contributed by atoms with Gasteiger partial charge in [0.05, 0.1) is 0 Å². The SMILES string of the molecule is C1CCC(C2CNCC23CCCC3)CC1. The first-order valence-electron chi connectivity index (χ1n) is 7.11. The Morgan fingerprint density at radius 3 is 2.33 bits per heavy atom. The second-order valence-corrected chi connectivity index (χ2v) is 6.20. The van der Waals surface area contributed by atoms with Gasteiger partial charge in [0, 0.05) is 6.54 Å². The molecule has 0 amide bonds. The fourth-order valence-electron chi connectivity index (χ4n) is 4.65. The maximum atomic E-state index is 3.70. The monoisotopic (exact) mass is 207 g/mol. The molecule has 0 bridgehead atoms. The smallest absolute Gasteiger partial charge is 0.00112 e. The summed E-state index contributed by atoms with van der Waals surface area (Å²) in [6.45, 7) is 2.68. The van der Waals surface area contributed by atoms with Crippen molar-refractivity contribution in [3.05, 3.63) is 0 Å². The Balaban J connectivity index is 1.72. The van der Waals surface area contributed by atoms with Crippen LogP contribution in [0.4, 0.5) is 0 Å². The molecule has 2 aliphatic carbocycles. The summed E-state index contributed by atoms with van der Waals surface area (Å²) in [5.74, 6) is 2.12. The Hall–Kier alpha value is -0.0400. The lowest BCUT2D eigenvalue weighted by Gasteiger charge is -2.37. The Morgan fingerprint density at radius 1 is 0.867 bits per heavy atom. The molecule has 1 nitrogen and oxygen atoms in total. The topological polar surface area (TPSA) is 12.0 Å². The van der Waals surface area contributed by atoms with Crippen molar-refractivity contribution in [2.24, 2.45) is 17.3 Å². The lowest BCUT2D eigenvalue weighted by atomic mass is 9.66. The Morgan fingerprint density at radius 2 is 1.60 bits per heavy atom. The number of rotatable bonds is 1. The third-order valence-electron chi connectivity index (χ3n) is 5.45. The molecule has 1 heteroatoms. The van der Waals surface area contributed by atoms with E-state index in [-0.39, 0.29) is 0 Å². The van der Waals surface area contributed by atoms with Crippen molar-refractivity contribution in [2.45, 2.75) is 57.8 Å². The highest BCUT2D eigenvalue weighted by atomic mass is 14.9. The van der Waals surface area contributed by atoms with E-state index >= 15 is 0 Å². The van der Waals surface area contributed by atoms with Gasteiger partial charge in [0.1, 0.15) is 0 Å². The van der Waals surface area contributed by atoms with E-state index in [0.29, 0.717) is 0 Å². The molecule has 2 saturated carbocycles. The van der Waals surface area contributed by atoms with Gasteiger partial charge in [0.2, 0.25) is 0 Å². The van der Waals surface area contributed by atoms with Crippen LogP contribution < -0.4 is 5.32 Å². The molecule has 1 atom stereocenters. The molecule has 86 valence electrons. The second-order valence-electron chi connectivity index (χ2n) is 6.20. The van der Waals surface area contributed by atoms with E-state index in [2.05, 4.69) is 5.32 Å². The van der Waals surface area contributed by atoms with Crippen LogP contribution in [0.1, 0.15) is 57.8 Å². The number of nitrogens with one attached hydrogen (secondary N) is 1. The normalized spacial score (nSPS) is 36.4. The summed E-state index contributed by atoms with van der Waals surface area (Å²) < 4.78 is 0. The minimum Gasteiger partial charge on any atom is -0.316 e. The standard InChI is InChI=1S/C14H25N/c1-2-6-12(7-3-1)13-10-15-11-14(13)8-4-5-9-14/h12-13,15H,1-11H2. The van der Waals surface area contributed by atoms with Crippen molar-refractivity contribution in [1.82, 2.24) is 5.32 Å². The van der Waals surface area contributed by atoms with Crippen molar-refractivity contribution in [3.8, 4) is 0 Å². The predicted octanol–water partition coefficient (Wildman–Crippen LogP) is 3.35. The first-order chi connectivity index (χ1) is 7.41. The van der Waals surface area contributed by atoms with Gasteiger partial charge in [-0.25, -0.2) is 0 Å². The highest BCUT2D eigenvalue weighted by Gasteiger charge is 2.47. The van der Waals surface area contributed by atoms with E-state index in [0.717, 1.165) is 17.3 Å². The quantitative estimate of drug-likeness (QED) is 0.695. The van der Waals surface area contributed by atoms with E-state index in [9.17, 15) is 0 Å². The van der Waals surface area contributed by atoms with Crippen molar-refractivity contribution in [1.29, 1.82) is 0 Å². The van der Waals surface area contributed by atoms with Crippen LogP contribution in [0, 0.1) is 17.3 Å². The predicted molar refractivity (Wildman–Crippen MR) is 63.8 cm³/mol. The molecule has 3 fully saturated rings. The van der Waals surface area contributed by atoms with Crippen LogP contribution in [-0.2, 0) is 0 Å². The van der Waals surface area contributed by atoms with Crippen molar-refractivity contribution in [3.63, 3.8) is 0 Å². The molecule has 1 saturated heterocycles. The number of hydrogen-bond donors (Lipinski definition) is 1. The first-order valence-corrected chi connectivity index (χ1v) is 7.11. The average molecular weight is 207 g/mol. The van der Waals surface area contributed by atoms with Gasteiger partial charge in [0.15, 0.2) is 0 Å². The average Bonchev–Trinajstić information content (AvgIpc) is 2.91. The highest BCUT2D eigenvalue weighted by Crippen LogP contribution is 2.51. The zero-order valence-corrected chi connectivity index (χ0v) is 9.93. The fourth-order valence-corrected chi connectivity index (χ4v) is 4.65. The minimum atomic E-state index is 0.752. The van der Waals surface area contributed by atoms with Gasteiger partial charge in [-0.3, -0.25) is 0 Å². The minimum absolute atomic E-state index is 0.752. The van der Waals surface area contributed by atoms with Crippen molar-refractivity contribution in [2.75, 3.05) is 13.1 Å². The maximum Gasteiger partial charge on any atom is 0.00112 e. The lowest BCUT2D eigenvalue weighted by molar-refractivity contribution is 0.132. The summed E-state index contributed by atoms with van der Waals surface area (Å²) in [7, 11) is 0. The molecule has 3 aliphatic rings. The van der Waals surface area contributed by atoms with Crippen molar-refractivity contribution < 1.29 is 0 Å². The van der Waals surface area contributed by atoms with Crippen LogP contribution in [0.5, 0.6) is 0 Å². The maximum absolute atomic E-state index is 3.70. The molecule has 0 radical (unpaired) electrons. The van der Waals surface area contributed by atoms with E-state index in [1.54, 1.807) is 0 Å². The molecule has 1 unspecified atom stereocenters. The van der Waals surface area contributed by atoms with E-state index in [1.807, 2.05) is 0 Å². The van der Waals surface area contributed by atoms with Crippen molar-refractivity contribution >= 4 is 0 Å². The number of hydrogen-bond acceptors (Lipinski definition) is 1. The first kappa shape index (κ1) is 10.1. The van der Waals surface area contributed by atoms with Crippen LogP contribution >= 0.6 is 0 Å². The summed E-state index contributed by atoms with van der Waals surface area (Å²) in [6, 6.07) is 0. The van der Waals surface area contributed by atoms with E-state index in [4.69, 9.17) is 0 Å². The third kappa shape index (κ3) is 1.73. The molecule has 1 spiro atoms. The molecule has 1 N–H and O–H groups in total. The lowest BCUT2D eigenvalue weighted by Crippen LogP contribution is -2.33. The molecule has 0 aromatic carbocycles. The highest BCUT2D eigenvalue weighted by molar-refractivity contribution is 5.00. The van der Waals surface area contributed by atoms with Gasteiger partial charge in [-0.2, -0.15) is 0 Å². The molecule has 1 heterocycles. The molecule has 15 heavy (non-hydrogen) atoms. The van der Waals surface area contributed by atoms with Crippen LogP contribution in [0.3, 0.4) is 0 Å². The molecule has 0 aromatic heterocycles. The van der Waals surface area contributed by atoms with Crippen LogP contribution in [0.2, 0.25) is 0 Å². The summed E-state index contributed by atoms with van der Waals surface area (Å²) in [6.07, 6.45) is 13.7. The van der Waals surface area contributed by atoms with Crippen LogP contribution in [0.15, 0.2) is 0 Å². The Labute approximate surface area is 94.0 Å². The summed E-state index contributed by atoms with van der Waals surface area (Å²) in [5.41, 5.74) is 0.752. The third-order valence-corrected chi connectivity index (χ3v) is 5.45. The zero-order chi connectivity index (χ0) is 10.1. The van der Waals surface area contributed by atoms with Gasteiger partial charge in [-0.1, -0.05) is 44.9 Å². The van der Waals surface area contributed by atoms with E-state index < -0.39 is 0 Å². The molecular formula is C14H25N. The summed E-state index contributed by atoms with van der Waals surface area (Å²) in [5, 5.41) is 3.70. The summed E-state index contributed by atoms with van der Waals surface area (Å²) in [4.78, 5) is 0. The van der Waals surface area contributed by atoms with E-state index in [1.165, 1.54) is 70.9 Å². The molecule has 0 aromatic rings. The van der Waals surface area contributed by atoms with Gasteiger partial charge in [-0.05, 0) is 36.6 Å². The molecule has 1 aliphatic heterocycles. The Bertz CT molecular complexity index is 206. The molecular weight excluding hydrogens is 182 g/mol.